The molecule has 1 unspecified atom stereocenters. The molecule has 0 amide bonds. The number of aromatic nitrogens is 3. The van der Waals surface area contributed by atoms with Gasteiger partial charge in [-0.15, -0.1) is 0 Å². The Labute approximate surface area is 192 Å². The molecule has 4 aromatic rings. The predicted molar refractivity (Wildman–Crippen MR) is 128 cm³/mol. The zero-order valence-electron chi connectivity index (χ0n) is 18.2. The normalized spacial score (nSPS) is 18.5. The number of ether oxygens (including phenoxy) is 1. The van der Waals surface area contributed by atoms with Crippen molar-refractivity contribution in [3.05, 3.63) is 75.8 Å². The van der Waals surface area contributed by atoms with Gasteiger partial charge in [0.05, 0.1) is 12.8 Å². The minimum Gasteiger partial charge on any atom is -0.497 e. The molecule has 0 radical (unpaired) electrons. The van der Waals surface area contributed by atoms with Crippen LogP contribution < -0.4 is 4.74 Å². The van der Waals surface area contributed by atoms with Crippen LogP contribution >= 0.6 is 12.2 Å². The number of nitrogens with zero attached hydrogens (tertiary/aromatic N) is 2. The third-order valence-corrected chi connectivity index (χ3v) is 7.68. The van der Waals surface area contributed by atoms with Crippen LogP contribution in [-0.2, 0) is 6.42 Å². The van der Waals surface area contributed by atoms with Crippen LogP contribution in [0.5, 0.6) is 11.6 Å². The summed E-state index contributed by atoms with van der Waals surface area (Å²) >= 11 is 6.04. The fourth-order valence-corrected chi connectivity index (χ4v) is 6.16. The number of hydrogen-bond acceptors (Lipinski definition) is 3. The van der Waals surface area contributed by atoms with Gasteiger partial charge in [0.2, 0.25) is 5.88 Å². The molecule has 0 bridgehead atoms. The first-order valence-electron chi connectivity index (χ1n) is 11.5. The molecule has 2 aliphatic rings. The Morgan fingerprint density at radius 3 is 2.50 bits per heavy atom. The van der Waals surface area contributed by atoms with Crippen molar-refractivity contribution in [2.45, 2.75) is 50.6 Å². The summed E-state index contributed by atoms with van der Waals surface area (Å²) in [6, 6.07) is 16.8. The highest BCUT2D eigenvalue weighted by Crippen LogP contribution is 2.44. The van der Waals surface area contributed by atoms with E-state index in [1.165, 1.54) is 30.2 Å². The average Bonchev–Trinajstić information content (AvgIpc) is 3.33. The molecule has 3 heterocycles. The van der Waals surface area contributed by atoms with Crippen molar-refractivity contribution in [3.63, 3.8) is 0 Å². The van der Waals surface area contributed by atoms with E-state index in [4.69, 9.17) is 17.0 Å². The summed E-state index contributed by atoms with van der Waals surface area (Å²) in [6.45, 7) is 0. The lowest BCUT2D eigenvalue weighted by Crippen LogP contribution is -2.22. The first-order valence-corrected chi connectivity index (χ1v) is 11.9. The van der Waals surface area contributed by atoms with Crippen LogP contribution in [0.25, 0.3) is 10.9 Å². The van der Waals surface area contributed by atoms with Crippen LogP contribution in [0.15, 0.2) is 48.5 Å². The smallest absolute Gasteiger partial charge is 0.214 e. The van der Waals surface area contributed by atoms with E-state index in [9.17, 15) is 5.11 Å². The molecule has 32 heavy (non-hydrogen) atoms. The molecule has 2 aromatic heterocycles. The maximum absolute atomic E-state index is 11.4. The van der Waals surface area contributed by atoms with E-state index in [1.807, 2.05) is 16.7 Å². The lowest BCUT2D eigenvalue weighted by atomic mass is 9.93. The standard InChI is InChI=1S/C26H27N3O2S/c1-31-18-13-11-16(12-14-18)24-23-20(19-9-5-6-10-21(19)27-23)15-22-25(30)28(26(32)29(22)24)17-7-3-2-4-8-17/h5-6,9-14,17,24,27,30H,2-4,7-8,15H2,1H3. The van der Waals surface area contributed by atoms with E-state index in [0.29, 0.717) is 12.3 Å². The summed E-state index contributed by atoms with van der Waals surface area (Å²) in [6.07, 6.45) is 6.47. The molecular formula is C26H27N3O2S. The van der Waals surface area contributed by atoms with Gasteiger partial charge >= 0.3 is 0 Å². The summed E-state index contributed by atoms with van der Waals surface area (Å²) in [5.41, 5.74) is 5.55. The minimum absolute atomic E-state index is 0.115. The van der Waals surface area contributed by atoms with Crippen molar-refractivity contribution in [2.24, 2.45) is 0 Å². The summed E-state index contributed by atoms with van der Waals surface area (Å²) in [4.78, 5) is 3.68. The second-order valence-electron chi connectivity index (χ2n) is 9.00. The summed E-state index contributed by atoms with van der Waals surface area (Å²) in [7, 11) is 1.68. The second kappa shape index (κ2) is 7.55. The fraction of sp³-hybridized carbons (Fsp3) is 0.346. The molecule has 1 atom stereocenters. The predicted octanol–water partition coefficient (Wildman–Crippen LogP) is 6.26. The fourth-order valence-electron chi connectivity index (χ4n) is 5.71. The lowest BCUT2D eigenvalue weighted by Gasteiger charge is -2.27. The molecule has 1 saturated carbocycles. The van der Waals surface area contributed by atoms with E-state index >= 15 is 0 Å². The number of H-pyrrole nitrogens is 1. The number of aromatic hydroxyl groups is 1. The molecular weight excluding hydrogens is 418 g/mol. The van der Waals surface area contributed by atoms with Gasteiger partial charge in [-0.25, -0.2) is 0 Å². The zero-order valence-corrected chi connectivity index (χ0v) is 19.0. The van der Waals surface area contributed by atoms with Crippen LogP contribution in [0.1, 0.15) is 66.7 Å². The molecule has 1 aliphatic heterocycles. The first kappa shape index (κ1) is 19.7. The molecule has 0 spiro atoms. The van der Waals surface area contributed by atoms with Crippen molar-refractivity contribution in [1.82, 2.24) is 14.1 Å². The topological polar surface area (TPSA) is 55.1 Å². The van der Waals surface area contributed by atoms with E-state index in [0.717, 1.165) is 45.8 Å². The highest BCUT2D eigenvalue weighted by Gasteiger charge is 2.35. The number of hydrogen-bond donors (Lipinski definition) is 2. The molecule has 1 aliphatic carbocycles. The van der Waals surface area contributed by atoms with Crippen LogP contribution in [0, 0.1) is 4.77 Å². The van der Waals surface area contributed by atoms with Gasteiger partial charge in [-0.3, -0.25) is 4.57 Å². The third-order valence-electron chi connectivity index (χ3n) is 7.28. The van der Waals surface area contributed by atoms with E-state index < -0.39 is 0 Å². The van der Waals surface area contributed by atoms with Gasteiger partial charge in [0.15, 0.2) is 4.77 Å². The monoisotopic (exact) mass is 445 g/mol. The molecule has 5 nitrogen and oxygen atoms in total. The van der Waals surface area contributed by atoms with Gasteiger partial charge in [-0.2, -0.15) is 0 Å². The summed E-state index contributed by atoms with van der Waals surface area (Å²) < 4.78 is 10.3. The molecule has 164 valence electrons. The quantitative estimate of drug-likeness (QED) is 0.322. The lowest BCUT2D eigenvalue weighted by molar-refractivity contribution is 0.309. The zero-order chi connectivity index (χ0) is 21.8. The summed E-state index contributed by atoms with van der Waals surface area (Å²) in [5, 5.41) is 12.6. The first-order chi connectivity index (χ1) is 15.7. The average molecular weight is 446 g/mol. The Morgan fingerprint density at radius 1 is 1.00 bits per heavy atom. The van der Waals surface area contributed by atoms with Crippen LogP contribution in [0.4, 0.5) is 0 Å². The number of fused-ring (bicyclic) bond motifs is 4. The Hall–Kier alpha value is -2.99. The Kier molecular flexibility index (Phi) is 4.65. The van der Waals surface area contributed by atoms with Crippen molar-refractivity contribution in [2.75, 3.05) is 7.11 Å². The van der Waals surface area contributed by atoms with Crippen molar-refractivity contribution in [3.8, 4) is 11.6 Å². The molecule has 2 N–H and O–H groups in total. The van der Waals surface area contributed by atoms with Gasteiger partial charge in [-0.1, -0.05) is 49.6 Å². The molecule has 1 fully saturated rings. The van der Waals surface area contributed by atoms with E-state index in [1.54, 1.807) is 7.11 Å². The Bertz CT molecular complexity index is 1360. The molecule has 6 rings (SSSR count). The maximum Gasteiger partial charge on any atom is 0.214 e. The van der Waals surface area contributed by atoms with Gasteiger partial charge in [-0.05, 0) is 54.4 Å². The third kappa shape index (κ3) is 2.85. The number of benzene rings is 2. The number of methoxy groups -OCH3 is 1. The maximum atomic E-state index is 11.4. The van der Waals surface area contributed by atoms with E-state index in [2.05, 4.69) is 45.9 Å². The number of para-hydroxylation sites is 1. The van der Waals surface area contributed by atoms with E-state index in [-0.39, 0.29) is 12.1 Å². The Morgan fingerprint density at radius 2 is 1.75 bits per heavy atom. The van der Waals surface area contributed by atoms with Gasteiger partial charge in [0, 0.05) is 29.1 Å². The largest absolute Gasteiger partial charge is 0.497 e. The van der Waals surface area contributed by atoms with Crippen LogP contribution in [0.2, 0.25) is 0 Å². The van der Waals surface area contributed by atoms with Gasteiger partial charge in [0.25, 0.3) is 0 Å². The number of nitrogens with one attached hydrogen (secondary N) is 1. The van der Waals surface area contributed by atoms with Gasteiger partial charge in [0.1, 0.15) is 11.8 Å². The highest BCUT2D eigenvalue weighted by atomic mass is 32.1. The molecule has 2 aromatic carbocycles. The second-order valence-corrected chi connectivity index (χ2v) is 9.37. The van der Waals surface area contributed by atoms with Crippen LogP contribution in [-0.4, -0.2) is 26.3 Å². The molecule has 0 saturated heterocycles. The Balaban J connectivity index is 1.60. The van der Waals surface area contributed by atoms with Crippen molar-refractivity contribution >= 4 is 23.1 Å². The van der Waals surface area contributed by atoms with Crippen molar-refractivity contribution < 1.29 is 9.84 Å². The number of rotatable bonds is 3. The number of aromatic amines is 1. The minimum atomic E-state index is -0.115. The summed E-state index contributed by atoms with van der Waals surface area (Å²) in [5.74, 6) is 1.17. The molecule has 6 heteroatoms. The highest BCUT2D eigenvalue weighted by molar-refractivity contribution is 7.71. The SMILES string of the molecule is COc1ccc(C2c3[nH]c4ccccc4c3Cc3c(O)n(C4CCCCC4)c(=S)n32)cc1. The number of imidazole rings is 1. The van der Waals surface area contributed by atoms with Crippen LogP contribution in [0.3, 0.4) is 0 Å². The van der Waals surface area contributed by atoms with Gasteiger partial charge < -0.3 is 19.4 Å². The van der Waals surface area contributed by atoms with Crippen molar-refractivity contribution in [1.29, 1.82) is 0 Å².